The van der Waals surface area contributed by atoms with E-state index in [0.29, 0.717) is 24.9 Å². The minimum atomic E-state index is 0.487. The summed E-state index contributed by atoms with van der Waals surface area (Å²) in [6.07, 6.45) is 1.69. The molecule has 0 spiro atoms. The molecular formula is C20H22N4O3. The summed E-state index contributed by atoms with van der Waals surface area (Å²) < 4.78 is 16.1. The van der Waals surface area contributed by atoms with Crippen LogP contribution < -0.4 is 24.8 Å². The van der Waals surface area contributed by atoms with Crippen molar-refractivity contribution >= 4 is 17.5 Å². The van der Waals surface area contributed by atoms with E-state index in [-0.39, 0.29) is 0 Å². The molecular weight excluding hydrogens is 344 g/mol. The number of rotatable bonds is 9. The number of aromatic nitrogens is 2. The fourth-order valence-electron chi connectivity index (χ4n) is 2.41. The number of methoxy groups -OCH3 is 2. The van der Waals surface area contributed by atoms with Gasteiger partial charge in [0.05, 0.1) is 26.5 Å². The highest BCUT2D eigenvalue weighted by molar-refractivity contribution is 5.62. The van der Waals surface area contributed by atoms with Crippen molar-refractivity contribution in [1.82, 2.24) is 9.97 Å². The van der Waals surface area contributed by atoms with Gasteiger partial charge in [-0.2, -0.15) is 4.98 Å². The fraction of sp³-hybridized carbons (Fsp3) is 0.200. The molecule has 3 aromatic rings. The highest BCUT2D eigenvalue weighted by atomic mass is 16.5. The van der Waals surface area contributed by atoms with Crippen molar-refractivity contribution < 1.29 is 14.2 Å². The first kappa shape index (κ1) is 18.3. The molecule has 0 amide bonds. The Balaban J connectivity index is 1.51. The van der Waals surface area contributed by atoms with Crippen molar-refractivity contribution in [3.63, 3.8) is 0 Å². The predicted molar refractivity (Wildman–Crippen MR) is 105 cm³/mol. The number of para-hydroxylation sites is 2. The normalized spacial score (nSPS) is 10.1. The van der Waals surface area contributed by atoms with Gasteiger partial charge in [-0.15, -0.1) is 0 Å². The Bertz CT molecular complexity index is 856. The predicted octanol–water partition coefficient (Wildman–Crippen LogP) is 3.73. The molecule has 0 radical (unpaired) electrons. The van der Waals surface area contributed by atoms with Gasteiger partial charge in [0.25, 0.3) is 0 Å². The van der Waals surface area contributed by atoms with Gasteiger partial charge in [0.2, 0.25) is 5.95 Å². The van der Waals surface area contributed by atoms with Crippen LogP contribution >= 0.6 is 0 Å². The molecule has 2 N–H and O–H groups in total. The Labute approximate surface area is 158 Å². The van der Waals surface area contributed by atoms with Gasteiger partial charge in [-0.3, -0.25) is 0 Å². The number of hydrogen-bond acceptors (Lipinski definition) is 7. The van der Waals surface area contributed by atoms with Crippen LogP contribution in [0.15, 0.2) is 60.8 Å². The highest BCUT2D eigenvalue weighted by Crippen LogP contribution is 2.25. The molecule has 7 heteroatoms. The van der Waals surface area contributed by atoms with E-state index in [0.717, 1.165) is 22.9 Å². The Morgan fingerprint density at radius 1 is 0.889 bits per heavy atom. The molecule has 0 aliphatic carbocycles. The zero-order valence-electron chi connectivity index (χ0n) is 15.3. The van der Waals surface area contributed by atoms with Crippen LogP contribution in [-0.4, -0.2) is 37.3 Å². The van der Waals surface area contributed by atoms with Crippen LogP contribution in [0, 0.1) is 0 Å². The Morgan fingerprint density at radius 3 is 2.44 bits per heavy atom. The number of hydrogen-bond donors (Lipinski definition) is 2. The van der Waals surface area contributed by atoms with E-state index in [1.165, 1.54) is 0 Å². The van der Waals surface area contributed by atoms with Crippen molar-refractivity contribution in [3.05, 3.63) is 60.8 Å². The van der Waals surface area contributed by atoms with Crippen molar-refractivity contribution in [3.8, 4) is 17.2 Å². The van der Waals surface area contributed by atoms with E-state index in [2.05, 4.69) is 20.6 Å². The van der Waals surface area contributed by atoms with E-state index in [1.54, 1.807) is 26.5 Å². The monoisotopic (exact) mass is 366 g/mol. The topological polar surface area (TPSA) is 77.5 Å². The van der Waals surface area contributed by atoms with Gasteiger partial charge in [0.1, 0.15) is 29.7 Å². The van der Waals surface area contributed by atoms with Gasteiger partial charge in [0.15, 0.2) is 0 Å². The second kappa shape index (κ2) is 9.28. The average molecular weight is 366 g/mol. The molecule has 27 heavy (non-hydrogen) atoms. The maximum absolute atomic E-state index is 5.69. The third kappa shape index (κ3) is 5.24. The molecule has 1 aromatic heterocycles. The average Bonchev–Trinajstić information content (AvgIpc) is 2.72. The molecule has 0 unspecified atom stereocenters. The zero-order valence-corrected chi connectivity index (χ0v) is 15.3. The first-order chi connectivity index (χ1) is 13.3. The minimum Gasteiger partial charge on any atom is -0.497 e. The first-order valence-electron chi connectivity index (χ1n) is 8.52. The van der Waals surface area contributed by atoms with Crippen LogP contribution in [0.5, 0.6) is 17.2 Å². The van der Waals surface area contributed by atoms with E-state index >= 15 is 0 Å². The second-order valence-corrected chi connectivity index (χ2v) is 5.54. The van der Waals surface area contributed by atoms with E-state index in [9.17, 15) is 0 Å². The van der Waals surface area contributed by atoms with Crippen molar-refractivity contribution in [2.24, 2.45) is 0 Å². The third-order valence-electron chi connectivity index (χ3n) is 3.75. The summed E-state index contributed by atoms with van der Waals surface area (Å²) in [5.41, 5.74) is 0.806. The third-order valence-corrected chi connectivity index (χ3v) is 3.75. The van der Waals surface area contributed by atoms with E-state index in [4.69, 9.17) is 14.2 Å². The molecule has 0 fully saturated rings. The highest BCUT2D eigenvalue weighted by Gasteiger charge is 2.04. The second-order valence-electron chi connectivity index (χ2n) is 5.54. The molecule has 0 atom stereocenters. The van der Waals surface area contributed by atoms with Gasteiger partial charge in [-0.25, -0.2) is 4.98 Å². The van der Waals surface area contributed by atoms with Crippen molar-refractivity contribution in [1.29, 1.82) is 0 Å². The van der Waals surface area contributed by atoms with Crippen LogP contribution in [0.25, 0.3) is 0 Å². The molecule has 3 rings (SSSR count). The van der Waals surface area contributed by atoms with E-state index < -0.39 is 0 Å². The molecule has 7 nitrogen and oxygen atoms in total. The Morgan fingerprint density at radius 2 is 1.67 bits per heavy atom. The Kier molecular flexibility index (Phi) is 6.30. The van der Waals surface area contributed by atoms with Crippen molar-refractivity contribution in [2.75, 3.05) is 38.0 Å². The summed E-state index contributed by atoms with van der Waals surface area (Å²) in [7, 11) is 3.26. The zero-order chi connectivity index (χ0) is 18.9. The number of benzene rings is 2. The smallest absolute Gasteiger partial charge is 0.229 e. The SMILES string of the molecule is COc1ccc(OCCNc2ccnc(Nc3ccccc3OC)n2)cc1. The van der Waals surface area contributed by atoms with Gasteiger partial charge >= 0.3 is 0 Å². The summed E-state index contributed by atoms with van der Waals surface area (Å²) in [6, 6.07) is 16.9. The fourth-order valence-corrected chi connectivity index (χ4v) is 2.41. The maximum atomic E-state index is 5.69. The lowest BCUT2D eigenvalue weighted by Gasteiger charge is -2.11. The lowest BCUT2D eigenvalue weighted by Crippen LogP contribution is -2.13. The molecule has 0 aliphatic rings. The standard InChI is InChI=1S/C20H22N4O3/c1-25-15-7-9-16(10-8-15)27-14-13-21-19-11-12-22-20(24-19)23-17-5-3-4-6-18(17)26-2/h3-12H,13-14H2,1-2H3,(H2,21,22,23,24). The first-order valence-corrected chi connectivity index (χ1v) is 8.52. The summed E-state index contributed by atoms with van der Waals surface area (Å²) in [5.74, 6) is 3.52. The van der Waals surface area contributed by atoms with Gasteiger partial charge in [0, 0.05) is 6.20 Å². The van der Waals surface area contributed by atoms with Crippen LogP contribution in [0.1, 0.15) is 0 Å². The van der Waals surface area contributed by atoms with Gasteiger partial charge in [-0.1, -0.05) is 12.1 Å². The van der Waals surface area contributed by atoms with Crippen LogP contribution in [0.2, 0.25) is 0 Å². The number of anilines is 3. The summed E-state index contributed by atoms with van der Waals surface area (Å²) in [4.78, 5) is 8.69. The molecule has 0 bridgehead atoms. The summed E-state index contributed by atoms with van der Waals surface area (Å²) in [6.45, 7) is 1.11. The van der Waals surface area contributed by atoms with Crippen molar-refractivity contribution in [2.45, 2.75) is 0 Å². The van der Waals surface area contributed by atoms with Crippen LogP contribution in [-0.2, 0) is 0 Å². The molecule has 1 heterocycles. The maximum Gasteiger partial charge on any atom is 0.229 e. The van der Waals surface area contributed by atoms with Gasteiger partial charge < -0.3 is 24.8 Å². The number of ether oxygens (including phenoxy) is 3. The lowest BCUT2D eigenvalue weighted by atomic mass is 10.3. The quantitative estimate of drug-likeness (QED) is 0.559. The molecule has 140 valence electrons. The molecule has 0 saturated carbocycles. The Hall–Kier alpha value is -3.48. The van der Waals surface area contributed by atoms with E-state index in [1.807, 2.05) is 48.5 Å². The van der Waals surface area contributed by atoms with Gasteiger partial charge in [-0.05, 0) is 42.5 Å². The molecule has 0 saturated heterocycles. The minimum absolute atomic E-state index is 0.487. The van der Waals surface area contributed by atoms with Crippen LogP contribution in [0.3, 0.4) is 0 Å². The molecule has 0 aliphatic heterocycles. The lowest BCUT2D eigenvalue weighted by molar-refractivity contribution is 0.331. The number of nitrogens with zero attached hydrogens (tertiary/aromatic N) is 2. The number of nitrogens with one attached hydrogen (secondary N) is 2. The summed E-state index contributed by atoms with van der Waals surface area (Å²) in [5, 5.41) is 6.38. The largest absolute Gasteiger partial charge is 0.497 e. The molecule has 2 aromatic carbocycles. The summed E-state index contributed by atoms with van der Waals surface area (Å²) >= 11 is 0. The van der Waals surface area contributed by atoms with Crippen LogP contribution in [0.4, 0.5) is 17.5 Å².